The number of fused-ring (bicyclic) bond motifs is 5. The van der Waals surface area contributed by atoms with E-state index in [4.69, 9.17) is 9.72 Å². The van der Waals surface area contributed by atoms with Crippen LogP contribution in [0.5, 0.6) is 0 Å². The van der Waals surface area contributed by atoms with E-state index < -0.39 is 11.6 Å². The Bertz CT molecular complexity index is 1290. The molecule has 30 heavy (non-hydrogen) atoms. The van der Waals surface area contributed by atoms with Gasteiger partial charge in [-0.15, -0.1) is 0 Å². The van der Waals surface area contributed by atoms with E-state index in [1.54, 1.807) is 17.6 Å². The number of cyclic esters (lactones) is 1. The Morgan fingerprint density at radius 3 is 2.63 bits per heavy atom. The molecule has 2 aromatic heterocycles. The van der Waals surface area contributed by atoms with Gasteiger partial charge in [0.05, 0.1) is 29.0 Å². The van der Waals surface area contributed by atoms with Crippen molar-refractivity contribution in [2.24, 2.45) is 0 Å². The molecule has 6 nitrogen and oxygen atoms in total. The van der Waals surface area contributed by atoms with Gasteiger partial charge in [0.2, 0.25) is 0 Å². The van der Waals surface area contributed by atoms with E-state index in [2.05, 4.69) is 26.0 Å². The average molecular weight is 404 g/mol. The van der Waals surface area contributed by atoms with E-state index in [0.717, 1.165) is 35.0 Å². The third-order valence-electron chi connectivity index (χ3n) is 6.63. The Labute approximate surface area is 174 Å². The molecule has 1 aromatic carbocycles. The lowest BCUT2D eigenvalue weighted by molar-refractivity contribution is -0.172. The topological polar surface area (TPSA) is 81.4 Å². The van der Waals surface area contributed by atoms with Gasteiger partial charge in [0.1, 0.15) is 6.61 Å². The standard InChI is InChI=1S/C24H24N2O4/c1-4-13-7-8-19-15(9-13)14(5-2)16-11-26-20(21(16)25-19)10-18-17(22(26)27)12-30-23(28)24(18,29)6-3/h7-10,29H,4-6,11-12H2,1-3H3. The highest BCUT2D eigenvalue weighted by Crippen LogP contribution is 2.40. The van der Waals surface area contributed by atoms with Gasteiger partial charge in [-0.05, 0) is 48.6 Å². The molecule has 1 unspecified atom stereocenters. The number of aliphatic hydroxyl groups is 1. The van der Waals surface area contributed by atoms with Crippen molar-refractivity contribution in [3.05, 3.63) is 62.4 Å². The van der Waals surface area contributed by atoms with E-state index in [-0.39, 0.29) is 18.6 Å². The van der Waals surface area contributed by atoms with Crippen LogP contribution in [0.15, 0.2) is 29.1 Å². The number of nitrogens with zero attached hydrogens (tertiary/aromatic N) is 2. The molecule has 3 aromatic rings. The van der Waals surface area contributed by atoms with Gasteiger partial charge < -0.3 is 14.4 Å². The first kappa shape index (κ1) is 19.0. The van der Waals surface area contributed by atoms with E-state index >= 15 is 0 Å². The zero-order valence-corrected chi connectivity index (χ0v) is 17.4. The van der Waals surface area contributed by atoms with Crippen molar-refractivity contribution in [2.45, 2.75) is 58.8 Å². The van der Waals surface area contributed by atoms with Crippen LogP contribution in [0.1, 0.15) is 55.0 Å². The Balaban J connectivity index is 1.81. The molecule has 1 N–H and O–H groups in total. The Morgan fingerprint density at radius 1 is 1.13 bits per heavy atom. The summed E-state index contributed by atoms with van der Waals surface area (Å²) in [4.78, 5) is 30.5. The maximum absolute atomic E-state index is 13.3. The summed E-state index contributed by atoms with van der Waals surface area (Å²) in [7, 11) is 0. The highest BCUT2D eigenvalue weighted by molar-refractivity contribution is 5.89. The molecular weight excluding hydrogens is 380 g/mol. The summed E-state index contributed by atoms with van der Waals surface area (Å²) < 4.78 is 6.84. The van der Waals surface area contributed by atoms with Crippen LogP contribution < -0.4 is 5.56 Å². The highest BCUT2D eigenvalue weighted by Gasteiger charge is 2.45. The number of aryl methyl sites for hydroxylation is 2. The first-order chi connectivity index (χ1) is 14.4. The fourth-order valence-electron chi connectivity index (χ4n) is 4.83. The maximum atomic E-state index is 13.3. The molecule has 4 heterocycles. The van der Waals surface area contributed by atoms with Crippen molar-refractivity contribution in [1.82, 2.24) is 9.55 Å². The number of esters is 1. The van der Waals surface area contributed by atoms with Gasteiger partial charge in [0.25, 0.3) is 5.56 Å². The van der Waals surface area contributed by atoms with Crippen LogP contribution in [0.2, 0.25) is 0 Å². The first-order valence-electron chi connectivity index (χ1n) is 10.5. The van der Waals surface area contributed by atoms with Crippen LogP contribution in [0.3, 0.4) is 0 Å². The summed E-state index contributed by atoms with van der Waals surface area (Å²) in [6.07, 6.45) is 1.92. The molecular formula is C24H24N2O4. The molecule has 0 bridgehead atoms. The minimum absolute atomic E-state index is 0.109. The quantitative estimate of drug-likeness (QED) is 0.531. The van der Waals surface area contributed by atoms with Gasteiger partial charge in [0, 0.05) is 16.5 Å². The second kappa shape index (κ2) is 6.51. The second-order valence-corrected chi connectivity index (χ2v) is 8.08. The number of aromatic nitrogens is 2. The van der Waals surface area contributed by atoms with Crippen molar-refractivity contribution in [1.29, 1.82) is 0 Å². The average Bonchev–Trinajstić information content (AvgIpc) is 3.13. The smallest absolute Gasteiger partial charge is 0.343 e. The summed E-state index contributed by atoms with van der Waals surface area (Å²) in [5.41, 5.74) is 4.50. The van der Waals surface area contributed by atoms with Gasteiger partial charge in [-0.3, -0.25) is 4.79 Å². The molecule has 2 aliphatic rings. The van der Waals surface area contributed by atoms with E-state index in [9.17, 15) is 14.7 Å². The Morgan fingerprint density at radius 2 is 1.93 bits per heavy atom. The minimum atomic E-state index is -1.80. The van der Waals surface area contributed by atoms with E-state index in [1.807, 2.05) is 6.07 Å². The number of carbonyl (C=O) groups is 1. The second-order valence-electron chi connectivity index (χ2n) is 8.08. The third-order valence-corrected chi connectivity index (χ3v) is 6.63. The maximum Gasteiger partial charge on any atom is 0.343 e. The van der Waals surface area contributed by atoms with Crippen molar-refractivity contribution >= 4 is 16.9 Å². The normalized spacial score (nSPS) is 19.4. The number of pyridine rings is 2. The highest BCUT2D eigenvalue weighted by atomic mass is 16.6. The number of hydrogen-bond acceptors (Lipinski definition) is 5. The van der Waals surface area contributed by atoms with Gasteiger partial charge >= 0.3 is 5.97 Å². The Hall–Kier alpha value is -2.99. The van der Waals surface area contributed by atoms with E-state index in [0.29, 0.717) is 23.4 Å². The molecule has 1 atom stereocenters. The number of benzene rings is 1. The van der Waals surface area contributed by atoms with Gasteiger partial charge in [-0.1, -0.05) is 26.8 Å². The van der Waals surface area contributed by atoms with Gasteiger partial charge in [0.15, 0.2) is 5.60 Å². The number of ether oxygens (including phenoxy) is 1. The van der Waals surface area contributed by atoms with Crippen LogP contribution in [-0.4, -0.2) is 20.6 Å². The first-order valence-corrected chi connectivity index (χ1v) is 10.5. The van der Waals surface area contributed by atoms with Crippen molar-refractivity contribution in [3.8, 4) is 11.4 Å². The molecule has 0 radical (unpaired) electrons. The largest absolute Gasteiger partial charge is 0.458 e. The van der Waals surface area contributed by atoms with Crippen LogP contribution in [-0.2, 0) is 41.1 Å². The molecule has 2 aliphatic heterocycles. The molecule has 5 rings (SSSR count). The lowest BCUT2D eigenvalue weighted by Crippen LogP contribution is -2.44. The van der Waals surface area contributed by atoms with Crippen molar-refractivity contribution in [3.63, 3.8) is 0 Å². The molecule has 0 aliphatic carbocycles. The van der Waals surface area contributed by atoms with Crippen LogP contribution in [0, 0.1) is 0 Å². The van der Waals surface area contributed by atoms with Crippen LogP contribution in [0.4, 0.5) is 0 Å². The van der Waals surface area contributed by atoms with Crippen LogP contribution in [0.25, 0.3) is 22.3 Å². The molecule has 0 saturated heterocycles. The summed E-state index contributed by atoms with van der Waals surface area (Å²) in [5.74, 6) is -0.701. The van der Waals surface area contributed by atoms with Crippen molar-refractivity contribution < 1.29 is 14.6 Å². The summed E-state index contributed by atoms with van der Waals surface area (Å²) in [5, 5.41) is 12.1. The van der Waals surface area contributed by atoms with Crippen molar-refractivity contribution in [2.75, 3.05) is 0 Å². The van der Waals surface area contributed by atoms with Crippen LogP contribution >= 0.6 is 0 Å². The third kappa shape index (κ3) is 2.37. The zero-order chi connectivity index (χ0) is 21.2. The predicted molar refractivity (Wildman–Crippen MR) is 113 cm³/mol. The lowest BCUT2D eigenvalue weighted by Gasteiger charge is -2.31. The fourth-order valence-corrected chi connectivity index (χ4v) is 4.83. The molecule has 0 saturated carbocycles. The fraction of sp³-hybridized carbons (Fsp3) is 0.375. The Kier molecular flexibility index (Phi) is 4.12. The summed E-state index contributed by atoms with van der Waals surface area (Å²) in [6, 6.07) is 8.08. The molecule has 0 spiro atoms. The number of hydrogen-bond donors (Lipinski definition) is 1. The summed E-state index contributed by atoms with van der Waals surface area (Å²) >= 11 is 0. The lowest BCUT2D eigenvalue weighted by atomic mass is 9.86. The minimum Gasteiger partial charge on any atom is -0.458 e. The predicted octanol–water partition coefficient (Wildman–Crippen LogP) is 3.20. The molecule has 0 amide bonds. The zero-order valence-electron chi connectivity index (χ0n) is 17.4. The number of carbonyl (C=O) groups excluding carboxylic acids is 1. The monoisotopic (exact) mass is 404 g/mol. The molecule has 0 fully saturated rings. The SMILES string of the molecule is CCc1ccc2nc3c(c(CC)c2c1)Cn1c-3cc2c(c1=O)COC(=O)C2(O)CC. The molecule has 154 valence electrons. The van der Waals surface area contributed by atoms with E-state index in [1.165, 1.54) is 11.1 Å². The van der Waals surface area contributed by atoms with Gasteiger partial charge in [-0.2, -0.15) is 0 Å². The molecule has 6 heteroatoms. The van der Waals surface area contributed by atoms with Gasteiger partial charge in [-0.25, -0.2) is 9.78 Å². The summed E-state index contributed by atoms with van der Waals surface area (Å²) in [6.45, 7) is 6.29. The number of rotatable bonds is 3.